The average Bonchev–Trinajstić information content (AvgIpc) is 2.61. The Bertz CT molecular complexity index is 442. The monoisotopic (exact) mass is 346 g/mol. The minimum absolute atomic E-state index is 0.0402. The van der Waals surface area contributed by atoms with E-state index in [-0.39, 0.29) is 12.6 Å². The van der Waals surface area contributed by atoms with Gasteiger partial charge in [0.25, 0.3) is 0 Å². The topological polar surface area (TPSA) is 35.5 Å². The first kappa shape index (κ1) is 23.1. The number of hydrogen-bond acceptors (Lipinski definition) is 3. The zero-order valence-corrected chi connectivity index (χ0v) is 15.9. The number of hydrogen-bond donors (Lipinski definition) is 0. The van der Waals surface area contributed by atoms with Crippen LogP contribution in [0.1, 0.15) is 52.4 Å². The second-order valence-electron chi connectivity index (χ2n) is 5.35. The highest BCUT2D eigenvalue weighted by atomic mass is 16.6. The van der Waals surface area contributed by atoms with E-state index in [2.05, 4.69) is 67.7 Å². The van der Waals surface area contributed by atoms with Crippen molar-refractivity contribution in [2.45, 2.75) is 52.4 Å². The first-order valence-electron chi connectivity index (χ1n) is 9.29. The molecule has 0 radical (unpaired) electrons. The number of rotatable bonds is 15. The summed E-state index contributed by atoms with van der Waals surface area (Å²) in [6.07, 6.45) is 27.5. The predicted octanol–water partition coefficient (Wildman–Crippen LogP) is 5.71. The van der Waals surface area contributed by atoms with Crippen molar-refractivity contribution in [1.82, 2.24) is 0 Å². The summed E-state index contributed by atoms with van der Waals surface area (Å²) in [4.78, 5) is 11.0. The maximum absolute atomic E-state index is 11.0. The van der Waals surface area contributed by atoms with E-state index in [1.165, 1.54) is 0 Å². The Labute approximate surface area is 153 Å². The lowest BCUT2D eigenvalue weighted by Gasteiger charge is -2.01. The van der Waals surface area contributed by atoms with Crippen LogP contribution in [-0.2, 0) is 14.3 Å². The fraction of sp³-hybridized carbons (Fsp3) is 0.500. The van der Waals surface area contributed by atoms with Crippen LogP contribution in [0.25, 0.3) is 0 Å². The van der Waals surface area contributed by atoms with Crippen LogP contribution in [0.4, 0.5) is 0 Å². The van der Waals surface area contributed by atoms with E-state index < -0.39 is 0 Å². The second kappa shape index (κ2) is 20.2. The average molecular weight is 347 g/mol. The molecule has 0 unspecified atom stereocenters. The summed E-state index contributed by atoms with van der Waals surface area (Å²) in [6.45, 7) is 4.92. The third kappa shape index (κ3) is 20.1. The normalized spacial score (nSPS) is 12.6. The standard InChI is InChI=1S/C22H34O3/c1-3-5-6-7-8-9-10-11-12-13-14-15-16-17-18-19-20-24-21-22(23)25-4-2/h5-6,8-9,11-12,14-15,17-18H,3-4,7,10,13,16,19-21H2,1-2H3/b6-5-,9-8-,12-11-,15-14-,18-17-. The molecule has 0 fully saturated rings. The fourth-order valence-corrected chi connectivity index (χ4v) is 1.88. The summed E-state index contributed by atoms with van der Waals surface area (Å²) >= 11 is 0. The SMILES string of the molecule is CC/C=C\C/C=C\C/C=C\C/C=C\C/C=C\CCOCC(=O)OCC. The quantitative estimate of drug-likeness (QED) is 0.216. The van der Waals surface area contributed by atoms with Gasteiger partial charge in [-0.05, 0) is 45.4 Å². The van der Waals surface area contributed by atoms with Crippen LogP contribution in [0.15, 0.2) is 60.8 Å². The molecule has 0 rings (SSSR count). The van der Waals surface area contributed by atoms with Crippen LogP contribution < -0.4 is 0 Å². The summed E-state index contributed by atoms with van der Waals surface area (Å²) in [5, 5.41) is 0. The molecule has 140 valence electrons. The molecule has 0 saturated carbocycles. The number of allylic oxidation sites excluding steroid dienone is 9. The summed E-state index contributed by atoms with van der Waals surface area (Å²) in [5.74, 6) is -0.300. The maximum Gasteiger partial charge on any atom is 0.332 e. The highest BCUT2D eigenvalue weighted by Crippen LogP contribution is 1.96. The van der Waals surface area contributed by atoms with Gasteiger partial charge >= 0.3 is 5.97 Å². The molecular weight excluding hydrogens is 312 g/mol. The Morgan fingerprint density at radius 3 is 1.68 bits per heavy atom. The largest absolute Gasteiger partial charge is 0.464 e. The van der Waals surface area contributed by atoms with Gasteiger partial charge in [-0.3, -0.25) is 0 Å². The van der Waals surface area contributed by atoms with Crippen molar-refractivity contribution >= 4 is 5.97 Å². The zero-order chi connectivity index (χ0) is 18.4. The van der Waals surface area contributed by atoms with Crippen LogP contribution in [-0.4, -0.2) is 25.8 Å². The minimum Gasteiger partial charge on any atom is -0.464 e. The Kier molecular flexibility index (Phi) is 18.7. The van der Waals surface area contributed by atoms with E-state index >= 15 is 0 Å². The summed E-state index contributed by atoms with van der Waals surface area (Å²) in [6, 6.07) is 0. The van der Waals surface area contributed by atoms with E-state index in [4.69, 9.17) is 9.47 Å². The molecule has 0 aliphatic heterocycles. The van der Waals surface area contributed by atoms with Crippen LogP contribution in [0.2, 0.25) is 0 Å². The smallest absolute Gasteiger partial charge is 0.332 e. The van der Waals surface area contributed by atoms with Gasteiger partial charge in [-0.1, -0.05) is 67.7 Å². The van der Waals surface area contributed by atoms with Crippen molar-refractivity contribution in [3.8, 4) is 0 Å². The maximum atomic E-state index is 11.0. The zero-order valence-electron chi connectivity index (χ0n) is 15.9. The van der Waals surface area contributed by atoms with E-state index in [0.717, 1.165) is 38.5 Å². The fourth-order valence-electron chi connectivity index (χ4n) is 1.88. The number of ether oxygens (including phenoxy) is 2. The van der Waals surface area contributed by atoms with Crippen molar-refractivity contribution in [2.24, 2.45) is 0 Å². The predicted molar refractivity (Wildman–Crippen MR) is 107 cm³/mol. The highest BCUT2D eigenvalue weighted by Gasteiger charge is 1.99. The Hall–Kier alpha value is -1.87. The van der Waals surface area contributed by atoms with Crippen LogP contribution in [0, 0.1) is 0 Å². The molecule has 0 atom stereocenters. The summed E-state index contributed by atoms with van der Waals surface area (Å²) in [5.41, 5.74) is 0. The van der Waals surface area contributed by atoms with Crippen molar-refractivity contribution in [3.63, 3.8) is 0 Å². The van der Waals surface area contributed by atoms with Crippen LogP contribution in [0.3, 0.4) is 0 Å². The Balaban J connectivity index is 3.46. The van der Waals surface area contributed by atoms with Gasteiger partial charge in [-0.25, -0.2) is 4.79 Å². The van der Waals surface area contributed by atoms with E-state index in [0.29, 0.717) is 13.2 Å². The molecule has 0 aliphatic carbocycles. The van der Waals surface area contributed by atoms with Gasteiger partial charge in [0.2, 0.25) is 0 Å². The van der Waals surface area contributed by atoms with Gasteiger partial charge in [0, 0.05) is 0 Å². The molecule has 0 aliphatic rings. The molecule has 0 heterocycles. The molecular formula is C22H34O3. The first-order valence-corrected chi connectivity index (χ1v) is 9.29. The van der Waals surface area contributed by atoms with Crippen molar-refractivity contribution < 1.29 is 14.3 Å². The molecule has 0 amide bonds. The molecule has 0 aromatic rings. The Morgan fingerprint density at radius 1 is 0.720 bits per heavy atom. The van der Waals surface area contributed by atoms with E-state index in [9.17, 15) is 4.79 Å². The highest BCUT2D eigenvalue weighted by molar-refractivity contribution is 5.70. The molecule has 0 aromatic carbocycles. The molecule has 0 aromatic heterocycles. The second-order valence-corrected chi connectivity index (χ2v) is 5.35. The number of carbonyl (C=O) groups excluding carboxylic acids is 1. The lowest BCUT2D eigenvalue weighted by Crippen LogP contribution is -2.12. The van der Waals surface area contributed by atoms with Gasteiger partial charge < -0.3 is 9.47 Å². The molecule has 0 saturated heterocycles. The van der Waals surface area contributed by atoms with Crippen LogP contribution >= 0.6 is 0 Å². The third-order valence-electron chi connectivity index (χ3n) is 3.11. The molecule has 3 heteroatoms. The van der Waals surface area contributed by atoms with Gasteiger partial charge in [-0.15, -0.1) is 0 Å². The molecule has 0 spiro atoms. The number of carbonyl (C=O) groups is 1. The van der Waals surface area contributed by atoms with Gasteiger partial charge in [-0.2, -0.15) is 0 Å². The molecule has 25 heavy (non-hydrogen) atoms. The minimum atomic E-state index is -0.300. The van der Waals surface area contributed by atoms with Gasteiger partial charge in [0.15, 0.2) is 0 Å². The van der Waals surface area contributed by atoms with E-state index in [1.807, 2.05) is 0 Å². The lowest BCUT2D eigenvalue weighted by molar-refractivity contribution is -0.148. The molecule has 0 bridgehead atoms. The first-order chi connectivity index (χ1) is 12.3. The van der Waals surface area contributed by atoms with Crippen LogP contribution in [0.5, 0.6) is 0 Å². The molecule has 0 N–H and O–H groups in total. The van der Waals surface area contributed by atoms with Gasteiger partial charge in [0.1, 0.15) is 6.61 Å². The van der Waals surface area contributed by atoms with Crippen molar-refractivity contribution in [2.75, 3.05) is 19.8 Å². The van der Waals surface area contributed by atoms with Gasteiger partial charge in [0.05, 0.1) is 13.2 Å². The number of esters is 1. The molecule has 3 nitrogen and oxygen atoms in total. The Morgan fingerprint density at radius 2 is 1.20 bits per heavy atom. The summed E-state index contributed by atoms with van der Waals surface area (Å²) in [7, 11) is 0. The third-order valence-corrected chi connectivity index (χ3v) is 3.11. The van der Waals surface area contributed by atoms with E-state index in [1.54, 1.807) is 6.92 Å². The van der Waals surface area contributed by atoms with Crippen molar-refractivity contribution in [3.05, 3.63) is 60.8 Å². The summed E-state index contributed by atoms with van der Waals surface area (Å²) < 4.78 is 9.98. The van der Waals surface area contributed by atoms with Crippen molar-refractivity contribution in [1.29, 1.82) is 0 Å². The lowest BCUT2D eigenvalue weighted by atomic mass is 10.2.